The Morgan fingerprint density at radius 2 is 1.93 bits per heavy atom. The number of carbonyl (C=O) groups excluding carboxylic acids is 1. The molecule has 8 heteroatoms. The van der Waals surface area contributed by atoms with Gasteiger partial charge in [-0.3, -0.25) is 4.57 Å². The van der Waals surface area contributed by atoms with Crippen LogP contribution in [0.4, 0.5) is 4.79 Å². The van der Waals surface area contributed by atoms with Crippen LogP contribution in [-0.2, 0) is 13.5 Å². The molecule has 0 aliphatic heterocycles. The molecule has 0 atom stereocenters. The average Bonchev–Trinajstić information content (AvgIpc) is 2.90. The normalized spacial score (nSPS) is 11.0. The van der Waals surface area contributed by atoms with Crippen molar-refractivity contribution in [1.82, 2.24) is 24.0 Å². The molecule has 0 N–H and O–H groups in total. The SMILES string of the molecule is Cc1ccc(OCCCc2ncc3c(n2)n(C(=O)N(C)C)c(=O)n3C)cc1. The number of aryl methyl sites for hydroxylation is 3. The highest BCUT2D eigenvalue weighted by Gasteiger charge is 2.20. The van der Waals surface area contributed by atoms with E-state index in [-0.39, 0.29) is 0 Å². The van der Waals surface area contributed by atoms with Crippen molar-refractivity contribution in [3.63, 3.8) is 0 Å². The summed E-state index contributed by atoms with van der Waals surface area (Å²) < 4.78 is 8.16. The molecule has 2 heterocycles. The summed E-state index contributed by atoms with van der Waals surface area (Å²) in [6.45, 7) is 2.56. The summed E-state index contributed by atoms with van der Waals surface area (Å²) in [5, 5.41) is 0. The van der Waals surface area contributed by atoms with E-state index in [9.17, 15) is 9.59 Å². The fourth-order valence-electron chi connectivity index (χ4n) is 2.69. The van der Waals surface area contributed by atoms with Crippen LogP contribution >= 0.6 is 0 Å². The van der Waals surface area contributed by atoms with Crippen molar-refractivity contribution in [2.45, 2.75) is 19.8 Å². The van der Waals surface area contributed by atoms with Gasteiger partial charge in [0.1, 0.15) is 17.1 Å². The zero-order valence-corrected chi connectivity index (χ0v) is 16.0. The van der Waals surface area contributed by atoms with E-state index in [0.717, 1.165) is 16.7 Å². The number of amides is 1. The monoisotopic (exact) mass is 369 g/mol. The van der Waals surface area contributed by atoms with Gasteiger partial charge in [-0.25, -0.2) is 19.6 Å². The van der Waals surface area contributed by atoms with Gasteiger partial charge in [-0.15, -0.1) is 0 Å². The Morgan fingerprint density at radius 3 is 2.59 bits per heavy atom. The van der Waals surface area contributed by atoms with E-state index >= 15 is 0 Å². The Balaban J connectivity index is 1.74. The summed E-state index contributed by atoms with van der Waals surface area (Å²) in [7, 11) is 4.79. The minimum Gasteiger partial charge on any atom is -0.494 e. The van der Waals surface area contributed by atoms with E-state index in [2.05, 4.69) is 9.97 Å². The maximum Gasteiger partial charge on any atom is 0.338 e. The Hall–Kier alpha value is -3.16. The third-order valence-corrected chi connectivity index (χ3v) is 4.26. The molecular weight excluding hydrogens is 346 g/mol. The highest BCUT2D eigenvalue weighted by atomic mass is 16.5. The number of ether oxygens (including phenoxy) is 1. The second-order valence-electron chi connectivity index (χ2n) is 6.61. The molecule has 0 saturated heterocycles. The lowest BCUT2D eigenvalue weighted by molar-refractivity contribution is 0.219. The fraction of sp³-hybridized carbons (Fsp3) is 0.368. The summed E-state index contributed by atoms with van der Waals surface area (Å²) >= 11 is 0. The Kier molecular flexibility index (Phi) is 5.25. The van der Waals surface area contributed by atoms with E-state index in [4.69, 9.17) is 4.74 Å². The van der Waals surface area contributed by atoms with Gasteiger partial charge in [-0.2, -0.15) is 4.57 Å². The first kappa shape index (κ1) is 18.6. The lowest BCUT2D eigenvalue weighted by atomic mass is 10.2. The molecule has 1 amide bonds. The predicted molar refractivity (Wildman–Crippen MR) is 102 cm³/mol. The lowest BCUT2D eigenvalue weighted by Crippen LogP contribution is -2.35. The Labute approximate surface area is 157 Å². The van der Waals surface area contributed by atoms with Crippen molar-refractivity contribution in [3.05, 3.63) is 52.3 Å². The molecule has 8 nitrogen and oxygen atoms in total. The fourth-order valence-corrected chi connectivity index (χ4v) is 2.69. The molecule has 0 aliphatic carbocycles. The van der Waals surface area contributed by atoms with Gasteiger partial charge in [0, 0.05) is 27.6 Å². The number of imidazole rings is 1. The van der Waals surface area contributed by atoms with E-state index < -0.39 is 11.7 Å². The van der Waals surface area contributed by atoms with E-state index in [1.807, 2.05) is 31.2 Å². The van der Waals surface area contributed by atoms with Crippen molar-refractivity contribution in [2.75, 3.05) is 20.7 Å². The minimum absolute atomic E-state index is 0.325. The molecule has 1 aromatic carbocycles. The van der Waals surface area contributed by atoms with Gasteiger partial charge >= 0.3 is 11.7 Å². The second-order valence-corrected chi connectivity index (χ2v) is 6.61. The highest BCUT2D eigenvalue weighted by molar-refractivity contribution is 5.86. The van der Waals surface area contributed by atoms with E-state index in [0.29, 0.717) is 30.0 Å². The Morgan fingerprint density at radius 1 is 1.22 bits per heavy atom. The Bertz CT molecular complexity index is 1020. The molecule has 0 saturated carbocycles. The maximum atomic E-state index is 12.4. The molecule has 0 fully saturated rings. The first-order valence-corrected chi connectivity index (χ1v) is 8.73. The number of carbonyl (C=O) groups is 1. The van der Waals surface area contributed by atoms with Gasteiger partial charge in [0.05, 0.1) is 12.8 Å². The van der Waals surface area contributed by atoms with Crippen LogP contribution in [0.2, 0.25) is 0 Å². The van der Waals surface area contributed by atoms with Crippen LogP contribution in [0.5, 0.6) is 5.75 Å². The van der Waals surface area contributed by atoms with E-state index in [1.54, 1.807) is 27.3 Å². The van der Waals surface area contributed by atoms with Crippen LogP contribution < -0.4 is 10.4 Å². The van der Waals surface area contributed by atoms with Gasteiger partial charge in [-0.05, 0) is 25.5 Å². The third-order valence-electron chi connectivity index (χ3n) is 4.26. The molecule has 142 valence electrons. The minimum atomic E-state index is -0.433. The molecule has 0 spiro atoms. The largest absolute Gasteiger partial charge is 0.494 e. The molecule has 27 heavy (non-hydrogen) atoms. The number of hydrogen-bond acceptors (Lipinski definition) is 5. The van der Waals surface area contributed by atoms with Crippen molar-refractivity contribution in [1.29, 1.82) is 0 Å². The zero-order chi connectivity index (χ0) is 19.6. The first-order chi connectivity index (χ1) is 12.9. The quantitative estimate of drug-likeness (QED) is 0.642. The zero-order valence-electron chi connectivity index (χ0n) is 16.0. The molecule has 0 radical (unpaired) electrons. The van der Waals surface area contributed by atoms with Crippen molar-refractivity contribution >= 4 is 17.2 Å². The standard InChI is InChI=1S/C19H23N5O3/c1-13-7-9-14(10-8-13)27-11-5-6-16-20-12-15-17(21-16)24(18(25)22(2)3)19(26)23(15)4/h7-10,12H,5-6,11H2,1-4H3. The summed E-state index contributed by atoms with van der Waals surface area (Å²) in [6.07, 6.45) is 2.89. The first-order valence-electron chi connectivity index (χ1n) is 8.73. The van der Waals surface area contributed by atoms with Crippen LogP contribution in [0.15, 0.2) is 35.3 Å². The van der Waals surface area contributed by atoms with Gasteiger partial charge < -0.3 is 9.64 Å². The third kappa shape index (κ3) is 3.84. The maximum absolute atomic E-state index is 12.4. The lowest BCUT2D eigenvalue weighted by Gasteiger charge is -2.10. The van der Waals surface area contributed by atoms with Gasteiger partial charge in [0.25, 0.3) is 0 Å². The number of aromatic nitrogens is 4. The summed E-state index contributed by atoms with van der Waals surface area (Å²) in [5.74, 6) is 1.39. The molecular formula is C19H23N5O3. The smallest absolute Gasteiger partial charge is 0.338 e. The summed E-state index contributed by atoms with van der Waals surface area (Å²) in [4.78, 5) is 34.8. The van der Waals surface area contributed by atoms with Crippen LogP contribution in [0, 0.1) is 6.92 Å². The molecule has 3 aromatic rings. The van der Waals surface area contributed by atoms with Gasteiger partial charge in [0.2, 0.25) is 0 Å². The van der Waals surface area contributed by atoms with Gasteiger partial charge in [0.15, 0.2) is 5.65 Å². The summed E-state index contributed by atoms with van der Waals surface area (Å²) in [6, 6.07) is 7.45. The van der Waals surface area contributed by atoms with Gasteiger partial charge in [-0.1, -0.05) is 17.7 Å². The number of rotatable bonds is 5. The number of fused-ring (bicyclic) bond motifs is 1. The van der Waals surface area contributed by atoms with Crippen LogP contribution in [0.3, 0.4) is 0 Å². The molecule has 0 unspecified atom stereocenters. The van der Waals surface area contributed by atoms with E-state index in [1.165, 1.54) is 15.0 Å². The highest BCUT2D eigenvalue weighted by Crippen LogP contribution is 2.13. The topological polar surface area (TPSA) is 82.2 Å². The number of benzene rings is 1. The summed E-state index contributed by atoms with van der Waals surface area (Å²) in [5.41, 5.74) is 1.60. The molecule has 2 aromatic heterocycles. The van der Waals surface area contributed by atoms with Crippen LogP contribution in [0.1, 0.15) is 17.8 Å². The van der Waals surface area contributed by atoms with Crippen molar-refractivity contribution in [3.8, 4) is 5.75 Å². The van der Waals surface area contributed by atoms with Crippen LogP contribution in [0.25, 0.3) is 11.2 Å². The predicted octanol–water partition coefficient (Wildman–Crippen LogP) is 1.98. The van der Waals surface area contributed by atoms with Crippen LogP contribution in [-0.4, -0.2) is 50.7 Å². The van der Waals surface area contributed by atoms with Crippen molar-refractivity contribution in [2.24, 2.45) is 7.05 Å². The number of hydrogen-bond donors (Lipinski definition) is 0. The molecule has 0 bridgehead atoms. The van der Waals surface area contributed by atoms with Crippen molar-refractivity contribution < 1.29 is 9.53 Å². The number of nitrogens with zero attached hydrogens (tertiary/aromatic N) is 5. The average molecular weight is 369 g/mol. The molecule has 0 aliphatic rings. The second kappa shape index (κ2) is 7.61. The molecule has 3 rings (SSSR count).